The zero-order chi connectivity index (χ0) is 42.8. The molecule has 0 saturated carbocycles. The zero-order valence-electron chi connectivity index (χ0n) is 35.7. The summed E-state index contributed by atoms with van der Waals surface area (Å²) in [6.45, 7) is 4.68. The van der Waals surface area contributed by atoms with Gasteiger partial charge in [-0.2, -0.15) is 0 Å². The lowest BCUT2D eigenvalue weighted by Gasteiger charge is -2.31. The molecule has 0 bridgehead atoms. The zero-order valence-corrected chi connectivity index (χ0v) is 35.7. The van der Waals surface area contributed by atoms with Crippen molar-refractivity contribution in [2.24, 2.45) is 0 Å². The van der Waals surface area contributed by atoms with Crippen LogP contribution in [0.1, 0.15) is 25.0 Å². The summed E-state index contributed by atoms with van der Waals surface area (Å²) in [7, 11) is 0. The molecule has 0 amide bonds. The maximum Gasteiger partial charge on any atom is 0.137 e. The monoisotopic (exact) mass is 820 g/mol. The van der Waals surface area contributed by atoms with Crippen LogP contribution in [0.2, 0.25) is 0 Å². The second kappa shape index (κ2) is 15.0. The van der Waals surface area contributed by atoms with Gasteiger partial charge in [0.15, 0.2) is 0 Å². The number of ether oxygens (including phenoxy) is 1. The Kier molecular flexibility index (Phi) is 8.84. The minimum Gasteiger partial charge on any atom is -0.456 e. The topological polar surface area (TPSA) is 15.7 Å². The van der Waals surface area contributed by atoms with Gasteiger partial charge >= 0.3 is 0 Å². The molecule has 0 unspecified atom stereocenters. The van der Waals surface area contributed by atoms with Crippen LogP contribution in [-0.2, 0) is 5.41 Å². The summed E-state index contributed by atoms with van der Waals surface area (Å²) in [4.78, 5) is 4.71. The summed E-state index contributed by atoms with van der Waals surface area (Å²) in [5, 5.41) is 2.23. The van der Waals surface area contributed by atoms with E-state index >= 15 is 0 Å². The molecule has 304 valence electrons. The van der Waals surface area contributed by atoms with Crippen molar-refractivity contribution >= 4 is 44.9 Å². The fourth-order valence-corrected chi connectivity index (χ4v) is 10.1. The molecule has 64 heavy (non-hydrogen) atoms. The molecule has 3 heteroatoms. The lowest BCUT2D eigenvalue weighted by Crippen LogP contribution is -2.15. The van der Waals surface area contributed by atoms with Gasteiger partial charge in [-0.1, -0.05) is 166 Å². The van der Waals surface area contributed by atoms with E-state index in [9.17, 15) is 0 Å². The molecule has 3 nitrogen and oxygen atoms in total. The highest BCUT2D eigenvalue weighted by molar-refractivity contribution is 6.11. The highest BCUT2D eigenvalue weighted by Crippen LogP contribution is 2.54. The van der Waals surface area contributed by atoms with Gasteiger partial charge < -0.3 is 14.5 Å². The lowest BCUT2D eigenvalue weighted by molar-refractivity contribution is 0.487. The normalized spacial score (nSPS) is 12.8. The molecule has 2 aliphatic rings. The van der Waals surface area contributed by atoms with Crippen LogP contribution in [-0.4, -0.2) is 0 Å². The molecule has 1 aliphatic carbocycles. The average Bonchev–Trinajstić information content (AvgIpc) is 3.58. The first-order valence-corrected chi connectivity index (χ1v) is 22.1. The summed E-state index contributed by atoms with van der Waals surface area (Å²) >= 11 is 0. The SMILES string of the molecule is CC1(C)c2ccccc2-c2cc(N(c3ccc(-c4ccc(-c5ccccc5)cc4)cc3)c3ccc4c5c(cccc35)-c3ccc(N(c5ccccc5)c5ccccc5)cc3O4)ccc21. The van der Waals surface area contributed by atoms with Crippen molar-refractivity contribution in [1.29, 1.82) is 0 Å². The lowest BCUT2D eigenvalue weighted by atomic mass is 9.82. The molecule has 0 fully saturated rings. The molecule has 0 N–H and O–H groups in total. The van der Waals surface area contributed by atoms with Crippen LogP contribution in [0.15, 0.2) is 231 Å². The van der Waals surface area contributed by atoms with Crippen molar-refractivity contribution in [1.82, 2.24) is 0 Å². The minimum absolute atomic E-state index is 0.0862. The summed E-state index contributed by atoms with van der Waals surface area (Å²) in [6.07, 6.45) is 0. The van der Waals surface area contributed by atoms with E-state index in [1.165, 1.54) is 44.5 Å². The van der Waals surface area contributed by atoms with Crippen LogP contribution in [0.25, 0.3) is 55.3 Å². The van der Waals surface area contributed by atoms with Crippen LogP contribution in [0, 0.1) is 0 Å². The average molecular weight is 821 g/mol. The first kappa shape index (κ1) is 37.6. The maximum absolute atomic E-state index is 6.94. The fourth-order valence-electron chi connectivity index (χ4n) is 10.1. The van der Waals surface area contributed by atoms with Crippen LogP contribution >= 0.6 is 0 Å². The Morgan fingerprint density at radius 3 is 1.53 bits per heavy atom. The Morgan fingerprint density at radius 2 is 0.844 bits per heavy atom. The molecule has 0 atom stereocenters. The number of rotatable bonds is 8. The largest absolute Gasteiger partial charge is 0.456 e. The number of anilines is 6. The number of fused-ring (bicyclic) bond motifs is 5. The molecule has 0 saturated heterocycles. The highest BCUT2D eigenvalue weighted by atomic mass is 16.5. The third-order valence-corrected chi connectivity index (χ3v) is 13.3. The summed E-state index contributed by atoms with van der Waals surface area (Å²) in [5.74, 6) is 1.69. The fraction of sp³-hybridized carbons (Fsp3) is 0.0492. The van der Waals surface area contributed by atoms with E-state index in [0.717, 1.165) is 67.5 Å². The molecule has 0 spiro atoms. The van der Waals surface area contributed by atoms with Crippen molar-refractivity contribution in [3.63, 3.8) is 0 Å². The summed E-state index contributed by atoms with van der Waals surface area (Å²) in [6, 6.07) is 83.1. The summed E-state index contributed by atoms with van der Waals surface area (Å²) in [5.41, 5.74) is 18.7. The van der Waals surface area contributed by atoms with E-state index in [4.69, 9.17) is 4.74 Å². The number of hydrogen-bond donors (Lipinski definition) is 0. The summed E-state index contributed by atoms with van der Waals surface area (Å²) < 4.78 is 6.94. The van der Waals surface area contributed by atoms with Gasteiger partial charge in [-0.25, -0.2) is 0 Å². The molecule has 1 aliphatic heterocycles. The van der Waals surface area contributed by atoms with E-state index in [0.29, 0.717) is 0 Å². The minimum atomic E-state index is -0.0862. The Hall–Kier alpha value is -8.14. The second-order valence-electron chi connectivity index (χ2n) is 17.3. The number of para-hydroxylation sites is 2. The van der Waals surface area contributed by atoms with Gasteiger partial charge in [0.1, 0.15) is 11.5 Å². The predicted octanol–water partition coefficient (Wildman–Crippen LogP) is 17.2. The van der Waals surface area contributed by atoms with Crippen LogP contribution in [0.3, 0.4) is 0 Å². The maximum atomic E-state index is 6.94. The third kappa shape index (κ3) is 6.20. The highest BCUT2D eigenvalue weighted by Gasteiger charge is 2.36. The van der Waals surface area contributed by atoms with Gasteiger partial charge in [0.05, 0.1) is 5.69 Å². The first-order valence-electron chi connectivity index (χ1n) is 22.1. The molecule has 0 aromatic heterocycles. The molecular weight excluding hydrogens is 777 g/mol. The van der Waals surface area contributed by atoms with Crippen LogP contribution < -0.4 is 14.5 Å². The van der Waals surface area contributed by atoms with Crippen molar-refractivity contribution in [2.75, 3.05) is 9.80 Å². The van der Waals surface area contributed by atoms with E-state index in [2.05, 4.69) is 254 Å². The van der Waals surface area contributed by atoms with Gasteiger partial charge in [-0.15, -0.1) is 0 Å². The molecule has 10 aromatic rings. The Labute approximate surface area is 374 Å². The van der Waals surface area contributed by atoms with E-state index in [1.807, 2.05) is 0 Å². The van der Waals surface area contributed by atoms with Crippen LogP contribution in [0.4, 0.5) is 34.1 Å². The van der Waals surface area contributed by atoms with Crippen molar-refractivity contribution in [3.05, 3.63) is 242 Å². The van der Waals surface area contributed by atoms with E-state index < -0.39 is 0 Å². The number of benzene rings is 10. The van der Waals surface area contributed by atoms with Gasteiger partial charge in [0.25, 0.3) is 0 Å². The third-order valence-electron chi connectivity index (χ3n) is 13.3. The standard InChI is InChI=1S/C61H44N2O/c1-61(2)55-24-13-12-21-50(55)54-39-48(34-36-56(54)61)63(47-31-29-44(30-32-47)43-27-25-42(26-28-43)41-15-6-3-7-16-41)57-37-38-58-60-52(22-14-23-53(57)60)51-35-33-49(40-59(51)64-58)62(45-17-8-4-9-18-45)46-19-10-5-11-20-46/h3-40H,1-2H3. The smallest absolute Gasteiger partial charge is 0.137 e. The molecule has 10 aromatic carbocycles. The van der Waals surface area contributed by atoms with Crippen LogP contribution in [0.5, 0.6) is 11.5 Å². The van der Waals surface area contributed by atoms with E-state index in [-0.39, 0.29) is 5.41 Å². The molecule has 12 rings (SSSR count). The van der Waals surface area contributed by atoms with Gasteiger partial charge in [-0.05, 0) is 123 Å². The predicted molar refractivity (Wildman–Crippen MR) is 267 cm³/mol. The van der Waals surface area contributed by atoms with Gasteiger partial charge in [-0.3, -0.25) is 0 Å². The quantitative estimate of drug-likeness (QED) is 0.152. The Bertz CT molecular complexity index is 3320. The first-order chi connectivity index (χ1) is 31.5. The number of hydrogen-bond acceptors (Lipinski definition) is 3. The van der Waals surface area contributed by atoms with Crippen molar-refractivity contribution in [2.45, 2.75) is 19.3 Å². The number of nitrogens with zero attached hydrogens (tertiary/aromatic N) is 2. The van der Waals surface area contributed by atoms with Crippen molar-refractivity contribution in [3.8, 4) is 56.0 Å². The molecular formula is C61H44N2O. The Morgan fingerprint density at radius 1 is 0.328 bits per heavy atom. The molecule has 1 heterocycles. The van der Waals surface area contributed by atoms with Gasteiger partial charge in [0.2, 0.25) is 0 Å². The van der Waals surface area contributed by atoms with Gasteiger partial charge in [0, 0.05) is 56.3 Å². The van der Waals surface area contributed by atoms with Crippen molar-refractivity contribution < 1.29 is 4.74 Å². The molecule has 0 radical (unpaired) electrons. The van der Waals surface area contributed by atoms with E-state index in [1.54, 1.807) is 0 Å². The Balaban J connectivity index is 0.981. The second-order valence-corrected chi connectivity index (χ2v) is 17.3.